The average molecular weight is 461 g/mol. The van der Waals surface area contributed by atoms with Gasteiger partial charge >= 0.3 is 0 Å². The smallest absolute Gasteiger partial charge is 0.226 e. The van der Waals surface area contributed by atoms with Crippen LogP contribution >= 0.6 is 27.3 Å². The summed E-state index contributed by atoms with van der Waals surface area (Å²) in [5.74, 6) is 1.25. The molecule has 0 spiro atoms. The van der Waals surface area contributed by atoms with Crippen molar-refractivity contribution >= 4 is 48.5 Å². The van der Waals surface area contributed by atoms with E-state index < -0.39 is 0 Å². The van der Waals surface area contributed by atoms with Gasteiger partial charge in [-0.3, -0.25) is 4.79 Å². The summed E-state index contributed by atoms with van der Waals surface area (Å²) in [6.07, 6.45) is 1.04. The van der Waals surface area contributed by atoms with E-state index in [0.717, 1.165) is 26.0 Å². The minimum atomic E-state index is -0.0359. The van der Waals surface area contributed by atoms with Crippen LogP contribution in [0.4, 0.5) is 5.13 Å². The van der Waals surface area contributed by atoms with Crippen LogP contribution in [0.2, 0.25) is 0 Å². The van der Waals surface area contributed by atoms with E-state index in [4.69, 9.17) is 4.74 Å². The fraction of sp³-hybridized carbons (Fsp3) is 0.364. The highest BCUT2D eigenvalue weighted by Gasteiger charge is 2.10. The third-order valence-corrected chi connectivity index (χ3v) is 6.04. The summed E-state index contributed by atoms with van der Waals surface area (Å²) in [4.78, 5) is 16.8. The zero-order valence-corrected chi connectivity index (χ0v) is 19.0. The van der Waals surface area contributed by atoms with Crippen molar-refractivity contribution in [3.63, 3.8) is 0 Å². The molecule has 0 unspecified atom stereocenters. The van der Waals surface area contributed by atoms with Gasteiger partial charge in [0.25, 0.3) is 0 Å². The number of benzene rings is 2. The van der Waals surface area contributed by atoms with Crippen LogP contribution in [0.1, 0.15) is 49.3 Å². The molecule has 4 nitrogen and oxygen atoms in total. The molecule has 1 heterocycles. The largest absolute Gasteiger partial charge is 0.492 e. The van der Waals surface area contributed by atoms with Crippen molar-refractivity contribution in [3.8, 4) is 5.75 Å². The van der Waals surface area contributed by atoms with Gasteiger partial charge in [0.15, 0.2) is 5.13 Å². The zero-order chi connectivity index (χ0) is 20.3. The highest BCUT2D eigenvalue weighted by Crippen LogP contribution is 2.30. The Morgan fingerprint density at radius 2 is 2.04 bits per heavy atom. The maximum Gasteiger partial charge on any atom is 0.226 e. The first kappa shape index (κ1) is 20.8. The summed E-state index contributed by atoms with van der Waals surface area (Å²) >= 11 is 5.07. The molecule has 0 saturated heterocycles. The summed E-state index contributed by atoms with van der Waals surface area (Å²) in [6, 6.07) is 10.4. The molecule has 3 rings (SSSR count). The van der Waals surface area contributed by atoms with Crippen molar-refractivity contribution in [1.82, 2.24) is 4.98 Å². The van der Waals surface area contributed by atoms with Gasteiger partial charge in [-0.15, -0.1) is 0 Å². The molecule has 0 aliphatic carbocycles. The normalized spacial score (nSPS) is 11.2. The molecular weight excluding hydrogens is 436 g/mol. The monoisotopic (exact) mass is 460 g/mol. The summed E-state index contributed by atoms with van der Waals surface area (Å²) < 4.78 is 7.86. The lowest BCUT2D eigenvalue weighted by atomic mass is 10.0. The molecule has 0 bridgehead atoms. The third kappa shape index (κ3) is 5.11. The second-order valence-corrected chi connectivity index (χ2v) is 9.18. The number of thiazole rings is 1. The van der Waals surface area contributed by atoms with Crippen LogP contribution in [0, 0.1) is 13.8 Å². The Morgan fingerprint density at radius 1 is 1.25 bits per heavy atom. The second kappa shape index (κ2) is 9.05. The summed E-state index contributed by atoms with van der Waals surface area (Å²) in [6.45, 7) is 8.93. The van der Waals surface area contributed by atoms with E-state index in [1.807, 2.05) is 13.0 Å². The molecule has 2 aromatic carbocycles. The van der Waals surface area contributed by atoms with Gasteiger partial charge in [-0.1, -0.05) is 37.3 Å². The SMILES string of the molecule is Cc1cc(C)c2nc(NC(=O)CCCOc3ccc(C(C)C)cc3Br)sc2c1. The molecule has 0 atom stereocenters. The molecule has 0 radical (unpaired) electrons. The summed E-state index contributed by atoms with van der Waals surface area (Å²) in [5, 5.41) is 3.57. The lowest BCUT2D eigenvalue weighted by molar-refractivity contribution is -0.116. The van der Waals surface area contributed by atoms with Gasteiger partial charge in [0.05, 0.1) is 21.3 Å². The quantitative estimate of drug-likeness (QED) is 0.404. The van der Waals surface area contributed by atoms with Crippen LogP contribution in [-0.2, 0) is 4.79 Å². The minimum absolute atomic E-state index is 0.0359. The molecule has 6 heteroatoms. The fourth-order valence-electron chi connectivity index (χ4n) is 3.01. The van der Waals surface area contributed by atoms with Gasteiger partial charge in [0.2, 0.25) is 5.91 Å². The molecular formula is C22H25BrN2O2S. The zero-order valence-electron chi connectivity index (χ0n) is 16.6. The molecule has 0 fully saturated rings. The number of carbonyl (C=O) groups excluding carboxylic acids is 1. The number of hydrogen-bond acceptors (Lipinski definition) is 4. The number of carbonyl (C=O) groups is 1. The minimum Gasteiger partial charge on any atom is -0.492 e. The standard InChI is InChI=1S/C22H25BrN2O2S/c1-13(2)16-7-8-18(17(23)12-16)27-9-5-6-20(26)24-22-25-21-15(4)10-14(3)11-19(21)28-22/h7-8,10-13H,5-6,9H2,1-4H3,(H,24,25,26). The topological polar surface area (TPSA) is 51.2 Å². The number of aromatic nitrogens is 1. The lowest BCUT2D eigenvalue weighted by Crippen LogP contribution is -2.12. The van der Waals surface area contributed by atoms with Crippen molar-refractivity contribution in [2.24, 2.45) is 0 Å². The van der Waals surface area contributed by atoms with Crippen LogP contribution in [0.3, 0.4) is 0 Å². The van der Waals surface area contributed by atoms with Gasteiger partial charge in [-0.2, -0.15) is 0 Å². The Labute approximate surface area is 178 Å². The van der Waals surface area contributed by atoms with E-state index in [1.165, 1.54) is 22.5 Å². The molecule has 1 aromatic heterocycles. The Balaban J connectivity index is 1.49. The predicted octanol–water partition coefficient (Wildman–Crippen LogP) is 6.60. The van der Waals surface area contributed by atoms with Gasteiger partial charge < -0.3 is 10.1 Å². The average Bonchev–Trinajstić information content (AvgIpc) is 3.02. The van der Waals surface area contributed by atoms with E-state index >= 15 is 0 Å². The van der Waals surface area contributed by atoms with E-state index in [2.05, 4.69) is 71.3 Å². The highest BCUT2D eigenvalue weighted by molar-refractivity contribution is 9.10. The Bertz CT molecular complexity index is 998. The number of amides is 1. The first-order chi connectivity index (χ1) is 13.3. The maximum absolute atomic E-state index is 12.2. The van der Waals surface area contributed by atoms with E-state index in [9.17, 15) is 4.79 Å². The number of halogens is 1. The van der Waals surface area contributed by atoms with Crippen molar-refractivity contribution in [3.05, 3.63) is 51.5 Å². The van der Waals surface area contributed by atoms with Gasteiger partial charge in [-0.25, -0.2) is 4.98 Å². The fourth-order valence-corrected chi connectivity index (χ4v) is 4.58. The van der Waals surface area contributed by atoms with Crippen molar-refractivity contribution in [1.29, 1.82) is 0 Å². The molecule has 0 aliphatic rings. The van der Waals surface area contributed by atoms with Crippen molar-refractivity contribution < 1.29 is 9.53 Å². The van der Waals surface area contributed by atoms with Crippen LogP contribution < -0.4 is 10.1 Å². The maximum atomic E-state index is 12.2. The Morgan fingerprint density at radius 3 is 2.75 bits per heavy atom. The van der Waals surface area contributed by atoms with Crippen molar-refractivity contribution in [2.75, 3.05) is 11.9 Å². The van der Waals surface area contributed by atoms with Gasteiger partial charge in [-0.05, 0) is 77.0 Å². The molecule has 0 saturated carbocycles. The molecule has 3 aromatic rings. The van der Waals surface area contributed by atoms with Crippen LogP contribution in [-0.4, -0.2) is 17.5 Å². The number of anilines is 1. The number of ether oxygens (including phenoxy) is 1. The van der Waals surface area contributed by atoms with E-state index in [0.29, 0.717) is 30.5 Å². The number of hydrogen-bond donors (Lipinski definition) is 1. The number of fused-ring (bicyclic) bond motifs is 1. The molecule has 1 amide bonds. The molecule has 1 N–H and O–H groups in total. The third-order valence-electron chi connectivity index (χ3n) is 4.50. The first-order valence-corrected chi connectivity index (χ1v) is 11.0. The number of nitrogens with zero attached hydrogens (tertiary/aromatic N) is 1. The number of nitrogens with one attached hydrogen (secondary N) is 1. The van der Waals surface area contributed by atoms with Crippen LogP contribution in [0.25, 0.3) is 10.2 Å². The van der Waals surface area contributed by atoms with E-state index in [1.54, 1.807) is 0 Å². The Kier molecular flexibility index (Phi) is 6.73. The van der Waals surface area contributed by atoms with E-state index in [-0.39, 0.29) is 5.91 Å². The number of rotatable bonds is 7. The summed E-state index contributed by atoms with van der Waals surface area (Å²) in [5.41, 5.74) is 4.56. The van der Waals surface area contributed by atoms with Crippen molar-refractivity contribution in [2.45, 2.75) is 46.5 Å². The predicted molar refractivity (Wildman–Crippen MR) is 121 cm³/mol. The molecule has 28 heavy (non-hydrogen) atoms. The van der Waals surface area contributed by atoms with Crippen LogP contribution in [0.15, 0.2) is 34.8 Å². The summed E-state index contributed by atoms with van der Waals surface area (Å²) in [7, 11) is 0. The second-order valence-electron chi connectivity index (χ2n) is 7.29. The lowest BCUT2D eigenvalue weighted by Gasteiger charge is -2.11. The number of aryl methyl sites for hydroxylation is 2. The first-order valence-electron chi connectivity index (χ1n) is 9.43. The van der Waals surface area contributed by atoms with Crippen LogP contribution in [0.5, 0.6) is 5.75 Å². The molecule has 0 aliphatic heterocycles. The Hall–Kier alpha value is -1.92. The molecule has 148 valence electrons. The highest BCUT2D eigenvalue weighted by atomic mass is 79.9. The van der Waals surface area contributed by atoms with Gasteiger partial charge in [0, 0.05) is 6.42 Å². The van der Waals surface area contributed by atoms with Gasteiger partial charge in [0.1, 0.15) is 5.75 Å².